The largest absolute Gasteiger partial charge is 0.464 e. The van der Waals surface area contributed by atoms with Crippen LogP contribution in [0.4, 0.5) is 13.6 Å². The fourth-order valence-corrected chi connectivity index (χ4v) is 3.99. The normalized spacial score (nSPS) is 16.1. The van der Waals surface area contributed by atoms with Crippen LogP contribution >= 0.6 is 0 Å². The van der Waals surface area contributed by atoms with Gasteiger partial charge in [0.25, 0.3) is 11.5 Å². The Morgan fingerprint density at radius 3 is 2.29 bits per heavy atom. The number of benzene rings is 2. The summed E-state index contributed by atoms with van der Waals surface area (Å²) in [5.74, 6) is -6.47. The predicted octanol–water partition coefficient (Wildman–Crippen LogP) is 3.51. The van der Waals surface area contributed by atoms with Gasteiger partial charge in [0, 0.05) is 13.5 Å². The van der Waals surface area contributed by atoms with Crippen molar-refractivity contribution in [3.63, 3.8) is 0 Å². The van der Waals surface area contributed by atoms with Crippen LogP contribution in [0.2, 0.25) is 0 Å². The number of likely N-dealkylation sites (tertiary alicyclic amines) is 1. The van der Waals surface area contributed by atoms with Crippen molar-refractivity contribution in [3.05, 3.63) is 93.7 Å². The van der Waals surface area contributed by atoms with E-state index in [9.17, 15) is 28.0 Å². The number of rotatable bonds is 6. The van der Waals surface area contributed by atoms with E-state index in [2.05, 4.69) is 9.72 Å². The lowest BCUT2D eigenvalue weighted by Crippen LogP contribution is -2.37. The van der Waals surface area contributed by atoms with Crippen LogP contribution in [0.1, 0.15) is 44.7 Å². The van der Waals surface area contributed by atoms with Crippen molar-refractivity contribution in [2.45, 2.75) is 25.0 Å². The smallest absolute Gasteiger partial charge is 0.410 e. The second-order valence-corrected chi connectivity index (χ2v) is 8.50. The van der Waals surface area contributed by atoms with Gasteiger partial charge >= 0.3 is 18.0 Å². The highest BCUT2D eigenvalue weighted by atomic mass is 19.3. The molecule has 2 aromatic carbocycles. The van der Waals surface area contributed by atoms with Gasteiger partial charge in [-0.05, 0) is 17.7 Å². The summed E-state index contributed by atoms with van der Waals surface area (Å²) in [5, 5.41) is 0. The standard InChI is InChI=1S/C26H23F2N3O7/c1-30-21(18-13-26(27,28)15-31(18)25(35)37-14-16-9-5-3-6-10-16)29-19(24(34)36-2)20(22(30)32)38-23(33)17-11-7-4-8-12-17/h3-12,18H,13-15H2,1-2H3/t18-/m0/s1. The summed E-state index contributed by atoms with van der Waals surface area (Å²) < 4.78 is 45.0. The first-order chi connectivity index (χ1) is 18.1. The second-order valence-electron chi connectivity index (χ2n) is 8.50. The molecule has 4 rings (SSSR count). The summed E-state index contributed by atoms with van der Waals surface area (Å²) in [6, 6.07) is 14.9. The monoisotopic (exact) mass is 527 g/mol. The van der Waals surface area contributed by atoms with Gasteiger partial charge in [-0.25, -0.2) is 28.1 Å². The Morgan fingerprint density at radius 2 is 1.66 bits per heavy atom. The van der Waals surface area contributed by atoms with Crippen LogP contribution < -0.4 is 10.3 Å². The summed E-state index contributed by atoms with van der Waals surface area (Å²) in [7, 11) is 2.22. The molecular weight excluding hydrogens is 504 g/mol. The molecule has 3 aromatic rings. The molecule has 10 nitrogen and oxygen atoms in total. The molecule has 12 heteroatoms. The molecule has 0 N–H and O–H groups in total. The highest BCUT2D eigenvalue weighted by Gasteiger charge is 2.50. The Bertz CT molecular complexity index is 1410. The van der Waals surface area contributed by atoms with Gasteiger partial charge in [0.2, 0.25) is 5.75 Å². The van der Waals surface area contributed by atoms with E-state index in [0.29, 0.717) is 5.56 Å². The number of hydrogen-bond donors (Lipinski definition) is 0. The maximum absolute atomic E-state index is 14.5. The van der Waals surface area contributed by atoms with Crippen molar-refractivity contribution in [3.8, 4) is 5.75 Å². The van der Waals surface area contributed by atoms with Gasteiger partial charge in [-0.1, -0.05) is 48.5 Å². The van der Waals surface area contributed by atoms with Gasteiger partial charge in [0.15, 0.2) is 5.69 Å². The van der Waals surface area contributed by atoms with Crippen molar-refractivity contribution in [2.24, 2.45) is 7.05 Å². The molecule has 1 amide bonds. The first kappa shape index (κ1) is 26.5. The molecule has 0 radical (unpaired) electrons. The van der Waals surface area contributed by atoms with Gasteiger partial charge < -0.3 is 14.2 Å². The third kappa shape index (κ3) is 5.53. The van der Waals surface area contributed by atoms with Crippen LogP contribution in [-0.4, -0.2) is 52.1 Å². The van der Waals surface area contributed by atoms with E-state index in [0.717, 1.165) is 16.6 Å². The number of carbonyl (C=O) groups excluding carboxylic acids is 3. The second kappa shape index (κ2) is 10.8. The molecular formula is C26H23F2N3O7. The van der Waals surface area contributed by atoms with Gasteiger partial charge in [-0.3, -0.25) is 14.3 Å². The van der Waals surface area contributed by atoms with Crippen molar-refractivity contribution in [1.29, 1.82) is 0 Å². The maximum atomic E-state index is 14.5. The SMILES string of the molecule is COC(=O)c1nc([C@@H]2CC(F)(F)CN2C(=O)OCc2ccccc2)n(C)c(=O)c1OC(=O)c1ccccc1. The Labute approximate surface area is 215 Å². The van der Waals surface area contributed by atoms with Gasteiger partial charge in [-0.2, -0.15) is 0 Å². The van der Waals surface area contributed by atoms with Crippen molar-refractivity contribution in [2.75, 3.05) is 13.7 Å². The Morgan fingerprint density at radius 1 is 1.03 bits per heavy atom. The van der Waals surface area contributed by atoms with Crippen LogP contribution in [0, 0.1) is 0 Å². The predicted molar refractivity (Wildman–Crippen MR) is 128 cm³/mol. The number of amides is 1. The summed E-state index contributed by atoms with van der Waals surface area (Å²) in [6.45, 7) is -1.15. The van der Waals surface area contributed by atoms with Crippen LogP contribution in [0.15, 0.2) is 65.5 Å². The fourth-order valence-electron chi connectivity index (χ4n) is 3.99. The molecule has 1 fully saturated rings. The molecule has 1 aliphatic rings. The van der Waals surface area contributed by atoms with Crippen molar-refractivity contribution < 1.29 is 37.4 Å². The molecule has 1 aromatic heterocycles. The maximum Gasteiger partial charge on any atom is 0.410 e. The Kier molecular flexibility index (Phi) is 7.51. The molecule has 198 valence electrons. The highest BCUT2D eigenvalue weighted by Crippen LogP contribution is 2.41. The Hall–Kier alpha value is -4.61. The molecule has 1 atom stereocenters. The number of aromatic nitrogens is 2. The number of methoxy groups -OCH3 is 1. The van der Waals surface area contributed by atoms with E-state index in [1.165, 1.54) is 19.2 Å². The zero-order chi connectivity index (χ0) is 27.4. The highest BCUT2D eigenvalue weighted by molar-refractivity contribution is 5.94. The van der Waals surface area contributed by atoms with Gasteiger partial charge in [-0.15, -0.1) is 0 Å². The zero-order valence-electron chi connectivity index (χ0n) is 20.4. The molecule has 0 bridgehead atoms. The van der Waals surface area contributed by atoms with Crippen molar-refractivity contribution in [1.82, 2.24) is 14.5 Å². The van der Waals surface area contributed by atoms with Crippen LogP contribution in [0.25, 0.3) is 0 Å². The van der Waals surface area contributed by atoms with E-state index >= 15 is 0 Å². The summed E-state index contributed by atoms with van der Waals surface area (Å²) in [5.41, 5.74) is -0.959. The lowest BCUT2D eigenvalue weighted by Gasteiger charge is -2.24. The zero-order valence-corrected chi connectivity index (χ0v) is 20.4. The Balaban J connectivity index is 1.70. The molecule has 0 spiro atoms. The minimum Gasteiger partial charge on any atom is -0.464 e. The number of carbonyl (C=O) groups is 3. The van der Waals surface area contributed by atoms with Crippen LogP contribution in [0.5, 0.6) is 5.75 Å². The topological polar surface area (TPSA) is 117 Å². The van der Waals surface area contributed by atoms with E-state index < -0.39 is 60.0 Å². The van der Waals surface area contributed by atoms with Gasteiger partial charge in [0.05, 0.1) is 25.3 Å². The van der Waals surface area contributed by atoms with Crippen LogP contribution in [-0.2, 0) is 23.1 Å². The van der Waals surface area contributed by atoms with E-state index in [1.54, 1.807) is 48.5 Å². The number of halogens is 2. The number of esters is 2. The molecule has 0 saturated carbocycles. The lowest BCUT2D eigenvalue weighted by molar-refractivity contribution is 0.0101. The minimum atomic E-state index is -3.32. The molecule has 0 aliphatic carbocycles. The number of hydrogen-bond acceptors (Lipinski definition) is 8. The molecule has 38 heavy (non-hydrogen) atoms. The lowest BCUT2D eigenvalue weighted by atomic mass is 10.1. The number of ether oxygens (including phenoxy) is 3. The fraction of sp³-hybridized carbons (Fsp3) is 0.269. The third-order valence-electron chi connectivity index (χ3n) is 5.87. The number of alkyl halides is 2. The van der Waals surface area contributed by atoms with E-state index in [4.69, 9.17) is 9.47 Å². The summed E-state index contributed by atoms with van der Waals surface area (Å²) >= 11 is 0. The van der Waals surface area contributed by atoms with Crippen LogP contribution in [0.3, 0.4) is 0 Å². The summed E-state index contributed by atoms with van der Waals surface area (Å²) in [6.07, 6.45) is -1.93. The molecule has 1 saturated heterocycles. The van der Waals surface area contributed by atoms with E-state index in [-0.39, 0.29) is 18.0 Å². The number of nitrogens with zero attached hydrogens (tertiary/aromatic N) is 3. The quantitative estimate of drug-likeness (QED) is 0.447. The van der Waals surface area contributed by atoms with E-state index in [1.807, 2.05) is 0 Å². The summed E-state index contributed by atoms with van der Waals surface area (Å²) in [4.78, 5) is 56.0. The average molecular weight is 527 g/mol. The molecule has 2 heterocycles. The first-order valence-electron chi connectivity index (χ1n) is 11.4. The molecule has 1 aliphatic heterocycles. The minimum absolute atomic E-state index is 0.0946. The van der Waals surface area contributed by atoms with Gasteiger partial charge in [0.1, 0.15) is 12.4 Å². The average Bonchev–Trinajstić information content (AvgIpc) is 3.25. The third-order valence-corrected chi connectivity index (χ3v) is 5.87. The molecule has 0 unspecified atom stereocenters. The van der Waals surface area contributed by atoms with Crippen molar-refractivity contribution >= 4 is 18.0 Å². The first-order valence-corrected chi connectivity index (χ1v) is 11.4.